The molecule has 0 fully saturated rings. The van der Waals surface area contributed by atoms with Gasteiger partial charge in [-0.05, 0) is 35.4 Å². The molecule has 1 aromatic heterocycles. The lowest BCUT2D eigenvalue weighted by molar-refractivity contribution is 0.0950. The van der Waals surface area contributed by atoms with E-state index in [9.17, 15) is 13.2 Å². The first-order valence-corrected chi connectivity index (χ1v) is 10.3. The molecule has 0 atom stereocenters. The molecule has 0 bridgehead atoms. The maximum atomic E-state index is 12.6. The van der Waals surface area contributed by atoms with E-state index in [0.717, 1.165) is 11.1 Å². The van der Waals surface area contributed by atoms with Gasteiger partial charge in [0.25, 0.3) is 5.91 Å². The largest absolute Gasteiger partial charge is 0.348 e. The number of rotatable bonds is 7. The Labute approximate surface area is 168 Å². The Kier molecular flexibility index (Phi) is 6.41. The fraction of sp³-hybridized carbons (Fsp3) is 0.100. The van der Waals surface area contributed by atoms with Crippen molar-refractivity contribution in [1.29, 1.82) is 0 Å². The highest BCUT2D eigenvalue weighted by Gasteiger charge is 2.20. The maximum absolute atomic E-state index is 12.6. The maximum Gasteiger partial charge on any atom is 0.251 e. The van der Waals surface area contributed by atoms with Crippen molar-refractivity contribution in [3.05, 3.63) is 94.8 Å². The Bertz CT molecular complexity index is 1060. The van der Waals surface area contributed by atoms with Crippen molar-refractivity contribution in [3.8, 4) is 0 Å². The van der Waals surface area contributed by atoms with Gasteiger partial charge in [-0.3, -0.25) is 9.78 Å². The van der Waals surface area contributed by atoms with Gasteiger partial charge in [-0.15, -0.1) is 0 Å². The topological polar surface area (TPSA) is 88.2 Å². The van der Waals surface area contributed by atoms with Crippen LogP contribution in [-0.4, -0.2) is 19.3 Å². The minimum absolute atomic E-state index is 0.0457. The monoisotopic (exact) mass is 415 g/mol. The molecule has 0 spiro atoms. The van der Waals surface area contributed by atoms with E-state index >= 15 is 0 Å². The number of benzene rings is 2. The van der Waals surface area contributed by atoms with Crippen LogP contribution in [0.25, 0.3) is 0 Å². The number of aromatic nitrogens is 1. The van der Waals surface area contributed by atoms with Gasteiger partial charge in [0.15, 0.2) is 0 Å². The van der Waals surface area contributed by atoms with Crippen molar-refractivity contribution in [2.75, 3.05) is 0 Å². The number of carbonyl (C=O) groups is 1. The molecule has 3 rings (SSSR count). The third-order valence-corrected chi connectivity index (χ3v) is 5.85. The van der Waals surface area contributed by atoms with Crippen molar-refractivity contribution in [2.24, 2.45) is 0 Å². The first-order valence-electron chi connectivity index (χ1n) is 8.46. The molecule has 144 valence electrons. The molecule has 1 amide bonds. The number of carbonyl (C=O) groups excluding carboxylic acids is 1. The van der Waals surface area contributed by atoms with Gasteiger partial charge >= 0.3 is 0 Å². The number of nitrogens with zero attached hydrogens (tertiary/aromatic N) is 1. The summed E-state index contributed by atoms with van der Waals surface area (Å²) in [6.07, 6.45) is 3.29. The molecule has 6 nitrogen and oxygen atoms in total. The lowest BCUT2D eigenvalue weighted by Crippen LogP contribution is -2.25. The standard InChI is InChI=1S/C20H18ClN3O3S/c21-18-9-8-17(20(25)23-13-16-7-4-10-22-12-16)11-19(18)28(26,27)24-14-15-5-2-1-3-6-15/h1-12,24H,13-14H2,(H,23,25). The van der Waals surface area contributed by atoms with Gasteiger partial charge in [0.2, 0.25) is 10.0 Å². The fourth-order valence-corrected chi connectivity index (χ4v) is 4.03. The quantitative estimate of drug-likeness (QED) is 0.620. The van der Waals surface area contributed by atoms with E-state index < -0.39 is 15.9 Å². The Morgan fingerprint density at radius 3 is 2.43 bits per heavy atom. The molecule has 1 heterocycles. The van der Waals surface area contributed by atoms with Crippen LogP contribution in [0.5, 0.6) is 0 Å². The first kappa shape index (κ1) is 20.0. The van der Waals surface area contributed by atoms with Crippen molar-refractivity contribution in [2.45, 2.75) is 18.0 Å². The van der Waals surface area contributed by atoms with Crippen molar-refractivity contribution in [3.63, 3.8) is 0 Å². The molecule has 0 radical (unpaired) electrons. The summed E-state index contributed by atoms with van der Waals surface area (Å²) in [5.74, 6) is -0.403. The molecule has 0 aliphatic carbocycles. The molecule has 28 heavy (non-hydrogen) atoms. The van der Waals surface area contributed by atoms with Crippen LogP contribution in [0.15, 0.2) is 78.0 Å². The smallest absolute Gasteiger partial charge is 0.251 e. The Morgan fingerprint density at radius 2 is 1.71 bits per heavy atom. The van der Waals surface area contributed by atoms with Gasteiger partial charge < -0.3 is 5.32 Å². The first-order chi connectivity index (χ1) is 13.5. The molecule has 3 aromatic rings. The van der Waals surface area contributed by atoms with E-state index in [-0.39, 0.29) is 28.6 Å². The summed E-state index contributed by atoms with van der Waals surface area (Å²) in [6.45, 7) is 0.403. The van der Waals surface area contributed by atoms with Crippen LogP contribution in [0, 0.1) is 0 Å². The third kappa shape index (κ3) is 5.16. The van der Waals surface area contributed by atoms with Crippen LogP contribution >= 0.6 is 11.6 Å². The SMILES string of the molecule is O=C(NCc1cccnc1)c1ccc(Cl)c(S(=O)(=O)NCc2ccccc2)c1. The summed E-state index contributed by atoms with van der Waals surface area (Å²) < 4.78 is 27.8. The Morgan fingerprint density at radius 1 is 0.964 bits per heavy atom. The Balaban J connectivity index is 1.73. The zero-order valence-electron chi connectivity index (χ0n) is 14.8. The van der Waals surface area contributed by atoms with Gasteiger partial charge in [0.05, 0.1) is 5.02 Å². The number of nitrogens with one attached hydrogen (secondary N) is 2. The predicted octanol–water partition coefficient (Wildman–Crippen LogP) is 3.14. The van der Waals surface area contributed by atoms with Gasteiger partial charge in [0.1, 0.15) is 4.90 Å². The zero-order valence-corrected chi connectivity index (χ0v) is 16.4. The molecule has 2 aromatic carbocycles. The van der Waals surface area contributed by atoms with E-state index in [0.29, 0.717) is 0 Å². The van der Waals surface area contributed by atoms with Gasteiger partial charge in [-0.2, -0.15) is 0 Å². The lowest BCUT2D eigenvalue weighted by Gasteiger charge is -2.11. The summed E-state index contributed by atoms with van der Waals surface area (Å²) in [6, 6.07) is 16.9. The highest BCUT2D eigenvalue weighted by Crippen LogP contribution is 2.23. The zero-order chi connectivity index (χ0) is 20.0. The summed E-state index contributed by atoms with van der Waals surface area (Å²) in [5, 5.41) is 2.78. The fourth-order valence-electron chi connectivity index (χ4n) is 2.49. The van der Waals surface area contributed by atoms with E-state index in [1.807, 2.05) is 36.4 Å². The molecule has 2 N–H and O–H groups in total. The second kappa shape index (κ2) is 8.97. The summed E-state index contributed by atoms with van der Waals surface area (Å²) in [7, 11) is -3.88. The van der Waals surface area contributed by atoms with Crippen molar-refractivity contribution in [1.82, 2.24) is 15.0 Å². The summed E-state index contributed by atoms with van der Waals surface area (Å²) in [4.78, 5) is 16.2. The molecule has 0 saturated carbocycles. The molecule has 0 aliphatic rings. The molecule has 0 aliphatic heterocycles. The minimum Gasteiger partial charge on any atom is -0.348 e. The van der Waals surface area contributed by atoms with Crippen LogP contribution in [0.1, 0.15) is 21.5 Å². The second-order valence-corrected chi connectivity index (χ2v) is 8.14. The average Bonchev–Trinajstić information content (AvgIpc) is 2.72. The molecule has 0 unspecified atom stereocenters. The Hall–Kier alpha value is -2.74. The van der Waals surface area contributed by atoms with Crippen LogP contribution in [-0.2, 0) is 23.1 Å². The lowest BCUT2D eigenvalue weighted by atomic mass is 10.2. The number of hydrogen-bond acceptors (Lipinski definition) is 4. The molecular weight excluding hydrogens is 398 g/mol. The summed E-state index contributed by atoms with van der Waals surface area (Å²) in [5.41, 5.74) is 1.85. The normalized spacial score (nSPS) is 11.2. The van der Waals surface area contributed by atoms with Crippen LogP contribution in [0.4, 0.5) is 0 Å². The van der Waals surface area contributed by atoms with Crippen molar-refractivity contribution < 1.29 is 13.2 Å². The summed E-state index contributed by atoms with van der Waals surface area (Å²) >= 11 is 6.08. The van der Waals surface area contributed by atoms with Crippen LogP contribution in [0.3, 0.4) is 0 Å². The number of hydrogen-bond donors (Lipinski definition) is 2. The molecule has 0 saturated heterocycles. The average molecular weight is 416 g/mol. The molecular formula is C20H18ClN3O3S. The second-order valence-electron chi connectivity index (χ2n) is 6.00. The number of pyridine rings is 1. The van der Waals surface area contributed by atoms with Gasteiger partial charge in [-0.1, -0.05) is 48.0 Å². The van der Waals surface area contributed by atoms with E-state index in [2.05, 4.69) is 15.0 Å². The number of amides is 1. The van der Waals surface area contributed by atoms with Gasteiger partial charge in [-0.25, -0.2) is 13.1 Å². The van der Waals surface area contributed by atoms with E-state index in [1.165, 1.54) is 18.2 Å². The van der Waals surface area contributed by atoms with E-state index in [1.54, 1.807) is 18.5 Å². The predicted molar refractivity (Wildman–Crippen MR) is 107 cm³/mol. The highest BCUT2D eigenvalue weighted by atomic mass is 35.5. The van der Waals surface area contributed by atoms with Crippen LogP contribution < -0.4 is 10.0 Å². The van der Waals surface area contributed by atoms with Crippen LogP contribution in [0.2, 0.25) is 5.02 Å². The highest BCUT2D eigenvalue weighted by molar-refractivity contribution is 7.89. The molecule has 8 heteroatoms. The van der Waals surface area contributed by atoms with Crippen molar-refractivity contribution >= 4 is 27.5 Å². The third-order valence-electron chi connectivity index (χ3n) is 3.97. The van der Waals surface area contributed by atoms with E-state index in [4.69, 9.17) is 11.6 Å². The van der Waals surface area contributed by atoms with Gasteiger partial charge in [0, 0.05) is 31.0 Å². The minimum atomic E-state index is -3.88. The number of halogens is 1. The number of sulfonamides is 1.